The lowest BCUT2D eigenvalue weighted by Crippen LogP contribution is -2.02. The van der Waals surface area contributed by atoms with E-state index in [1.807, 2.05) is 0 Å². The molecule has 13 heavy (non-hydrogen) atoms. The molecule has 0 aliphatic rings. The van der Waals surface area contributed by atoms with Crippen molar-refractivity contribution in [1.82, 2.24) is 14.6 Å². The summed E-state index contributed by atoms with van der Waals surface area (Å²) >= 11 is 3.21. The van der Waals surface area contributed by atoms with Crippen LogP contribution in [0, 0.1) is 0 Å². The van der Waals surface area contributed by atoms with Gasteiger partial charge in [-0.3, -0.25) is 0 Å². The number of fused-ring (bicyclic) bond motifs is 1. The Morgan fingerprint density at radius 1 is 1.62 bits per heavy atom. The number of nitrogens with zero attached hydrogens (tertiary/aromatic N) is 3. The molecular formula is C7H4BrN3O2. The summed E-state index contributed by atoms with van der Waals surface area (Å²) in [5.74, 6) is -1.05. The van der Waals surface area contributed by atoms with E-state index < -0.39 is 5.97 Å². The van der Waals surface area contributed by atoms with Crippen LogP contribution >= 0.6 is 15.9 Å². The van der Waals surface area contributed by atoms with Crippen LogP contribution in [0.3, 0.4) is 0 Å². The predicted molar refractivity (Wildman–Crippen MR) is 47.6 cm³/mol. The molecule has 0 radical (unpaired) electrons. The van der Waals surface area contributed by atoms with Gasteiger partial charge in [-0.2, -0.15) is 5.10 Å². The third-order valence-corrected chi connectivity index (χ3v) is 2.10. The van der Waals surface area contributed by atoms with Crippen molar-refractivity contribution in [2.45, 2.75) is 0 Å². The van der Waals surface area contributed by atoms with Gasteiger partial charge in [0.25, 0.3) is 0 Å². The van der Waals surface area contributed by atoms with Crippen LogP contribution < -0.4 is 0 Å². The van der Waals surface area contributed by atoms with Crippen molar-refractivity contribution in [1.29, 1.82) is 0 Å². The number of aromatic nitrogens is 3. The summed E-state index contributed by atoms with van der Waals surface area (Å²) in [5.41, 5.74) is 0.508. The summed E-state index contributed by atoms with van der Waals surface area (Å²) in [6.45, 7) is 0. The van der Waals surface area contributed by atoms with Crippen molar-refractivity contribution in [3.8, 4) is 0 Å². The molecule has 0 bridgehead atoms. The van der Waals surface area contributed by atoms with Gasteiger partial charge in [-0.25, -0.2) is 14.3 Å². The molecule has 0 aliphatic carbocycles. The number of carboxylic acid groups (broad SMARTS) is 1. The molecule has 0 saturated carbocycles. The molecule has 66 valence electrons. The van der Waals surface area contributed by atoms with E-state index in [-0.39, 0.29) is 5.69 Å². The molecule has 0 aromatic carbocycles. The van der Waals surface area contributed by atoms with Crippen LogP contribution in [0.1, 0.15) is 10.5 Å². The Hall–Kier alpha value is -1.43. The van der Waals surface area contributed by atoms with Gasteiger partial charge in [0.05, 0.1) is 10.7 Å². The maximum absolute atomic E-state index is 10.6. The summed E-state index contributed by atoms with van der Waals surface area (Å²) in [4.78, 5) is 14.5. The fourth-order valence-corrected chi connectivity index (χ4v) is 1.32. The monoisotopic (exact) mass is 241 g/mol. The van der Waals surface area contributed by atoms with Gasteiger partial charge < -0.3 is 5.11 Å². The van der Waals surface area contributed by atoms with Crippen LogP contribution in [-0.2, 0) is 0 Å². The first kappa shape index (κ1) is 8.18. The fourth-order valence-electron chi connectivity index (χ4n) is 0.960. The maximum atomic E-state index is 10.6. The van der Waals surface area contributed by atoms with Crippen LogP contribution in [0.4, 0.5) is 0 Å². The highest BCUT2D eigenvalue weighted by atomic mass is 79.9. The predicted octanol–water partition coefficient (Wildman–Crippen LogP) is 1.19. The Bertz CT molecular complexity index is 480. The molecule has 0 unspecified atom stereocenters. The fraction of sp³-hybridized carbons (Fsp3) is 0. The van der Waals surface area contributed by atoms with Crippen molar-refractivity contribution >= 4 is 27.5 Å². The molecule has 2 aromatic heterocycles. The van der Waals surface area contributed by atoms with Crippen LogP contribution in [0.15, 0.2) is 22.9 Å². The molecule has 0 saturated heterocycles. The summed E-state index contributed by atoms with van der Waals surface area (Å²) in [6.07, 6.45) is 3.12. The zero-order chi connectivity index (χ0) is 9.42. The Morgan fingerprint density at radius 2 is 2.38 bits per heavy atom. The largest absolute Gasteiger partial charge is 0.477 e. The van der Waals surface area contributed by atoms with Gasteiger partial charge >= 0.3 is 5.97 Å². The zero-order valence-electron chi connectivity index (χ0n) is 6.31. The van der Waals surface area contributed by atoms with E-state index in [1.54, 1.807) is 12.4 Å². The topological polar surface area (TPSA) is 67.5 Å². The lowest BCUT2D eigenvalue weighted by atomic mass is 10.4. The highest BCUT2D eigenvalue weighted by Crippen LogP contribution is 2.14. The molecule has 0 spiro atoms. The first-order valence-corrected chi connectivity index (χ1v) is 4.21. The molecule has 0 atom stereocenters. The lowest BCUT2D eigenvalue weighted by Gasteiger charge is -1.94. The highest BCUT2D eigenvalue weighted by Gasteiger charge is 2.08. The second-order valence-corrected chi connectivity index (χ2v) is 3.23. The van der Waals surface area contributed by atoms with Crippen molar-refractivity contribution in [3.05, 3.63) is 28.6 Å². The van der Waals surface area contributed by atoms with Gasteiger partial charge in [-0.05, 0) is 22.0 Å². The third-order valence-electron chi connectivity index (χ3n) is 1.55. The van der Waals surface area contributed by atoms with Crippen LogP contribution in [0.2, 0.25) is 0 Å². The van der Waals surface area contributed by atoms with E-state index in [2.05, 4.69) is 26.0 Å². The van der Waals surface area contributed by atoms with Crippen molar-refractivity contribution in [2.24, 2.45) is 0 Å². The summed E-state index contributed by atoms with van der Waals surface area (Å²) < 4.78 is 2.17. The zero-order valence-corrected chi connectivity index (χ0v) is 7.89. The summed E-state index contributed by atoms with van der Waals surface area (Å²) in [5, 5.41) is 12.6. The lowest BCUT2D eigenvalue weighted by molar-refractivity contribution is 0.0690. The van der Waals surface area contributed by atoms with E-state index >= 15 is 0 Å². The number of carboxylic acids is 1. The van der Waals surface area contributed by atoms with Gasteiger partial charge in [0.15, 0.2) is 11.3 Å². The quantitative estimate of drug-likeness (QED) is 0.815. The standard InChI is InChI=1S/C7H4BrN3O2/c8-4-3-9-11-2-1-5(7(12)13)10-6(4)11/h1-3H,(H,12,13). The Labute approximate surface area is 81.1 Å². The Balaban J connectivity index is 2.72. The normalized spacial score (nSPS) is 10.5. The number of aromatic carboxylic acids is 1. The average molecular weight is 242 g/mol. The van der Waals surface area contributed by atoms with Crippen molar-refractivity contribution in [2.75, 3.05) is 0 Å². The number of hydrogen-bond donors (Lipinski definition) is 1. The van der Waals surface area contributed by atoms with Crippen LogP contribution in [0.25, 0.3) is 5.65 Å². The van der Waals surface area contributed by atoms with Crippen LogP contribution in [-0.4, -0.2) is 25.7 Å². The van der Waals surface area contributed by atoms with E-state index in [4.69, 9.17) is 5.11 Å². The summed E-state index contributed by atoms with van der Waals surface area (Å²) in [7, 11) is 0. The third kappa shape index (κ3) is 1.29. The van der Waals surface area contributed by atoms with E-state index in [0.717, 1.165) is 0 Å². The van der Waals surface area contributed by atoms with Gasteiger partial charge in [-0.1, -0.05) is 0 Å². The number of rotatable bonds is 1. The minimum atomic E-state index is -1.05. The molecule has 2 rings (SSSR count). The van der Waals surface area contributed by atoms with Gasteiger partial charge in [0, 0.05) is 6.20 Å². The first-order chi connectivity index (χ1) is 6.18. The average Bonchev–Trinajstić information content (AvgIpc) is 2.47. The molecule has 0 amide bonds. The van der Waals surface area contributed by atoms with E-state index in [9.17, 15) is 4.79 Å². The SMILES string of the molecule is O=C(O)c1ccn2ncc(Br)c2n1. The molecule has 2 aromatic rings. The second-order valence-electron chi connectivity index (χ2n) is 2.38. The summed E-state index contributed by atoms with van der Waals surface area (Å²) in [6, 6.07) is 1.40. The first-order valence-electron chi connectivity index (χ1n) is 3.41. The second kappa shape index (κ2) is 2.81. The minimum Gasteiger partial charge on any atom is -0.477 e. The molecule has 6 heteroatoms. The van der Waals surface area contributed by atoms with E-state index in [0.29, 0.717) is 10.1 Å². The Kier molecular flexibility index (Phi) is 1.77. The smallest absolute Gasteiger partial charge is 0.354 e. The Morgan fingerprint density at radius 3 is 3.08 bits per heavy atom. The van der Waals surface area contributed by atoms with Gasteiger partial charge in [0.2, 0.25) is 0 Å². The molecular weight excluding hydrogens is 238 g/mol. The van der Waals surface area contributed by atoms with Gasteiger partial charge in [-0.15, -0.1) is 0 Å². The number of halogens is 1. The molecule has 0 aliphatic heterocycles. The number of hydrogen-bond acceptors (Lipinski definition) is 3. The van der Waals surface area contributed by atoms with Crippen molar-refractivity contribution < 1.29 is 9.90 Å². The molecule has 1 N–H and O–H groups in total. The minimum absolute atomic E-state index is 0.00806. The molecule has 2 heterocycles. The van der Waals surface area contributed by atoms with Crippen molar-refractivity contribution in [3.63, 3.8) is 0 Å². The van der Waals surface area contributed by atoms with Gasteiger partial charge in [0.1, 0.15) is 0 Å². The van der Waals surface area contributed by atoms with E-state index in [1.165, 1.54) is 10.6 Å². The molecule has 0 fully saturated rings. The molecule has 5 nitrogen and oxygen atoms in total. The number of carbonyl (C=O) groups is 1. The highest BCUT2D eigenvalue weighted by molar-refractivity contribution is 9.10. The van der Waals surface area contributed by atoms with Crippen LogP contribution in [0.5, 0.6) is 0 Å². The maximum Gasteiger partial charge on any atom is 0.354 e.